The first kappa shape index (κ1) is 18.3. The quantitative estimate of drug-likeness (QED) is 0.412. The molecule has 0 aliphatic heterocycles. The van der Waals surface area contributed by atoms with Crippen molar-refractivity contribution in [2.24, 2.45) is 0 Å². The molecule has 0 atom stereocenters. The summed E-state index contributed by atoms with van der Waals surface area (Å²) in [6.07, 6.45) is 3.27. The topological polar surface area (TPSA) is 44.8 Å². The van der Waals surface area contributed by atoms with Gasteiger partial charge >= 0.3 is 0 Å². The normalized spacial score (nSPS) is 10.6. The maximum atomic E-state index is 12.3. The average Bonchev–Trinajstić information content (AvgIpc) is 2.59. The van der Waals surface area contributed by atoms with Gasteiger partial charge in [0.1, 0.15) is 17.2 Å². The number of hydrogen-bond donors (Lipinski definition) is 0. The van der Waals surface area contributed by atoms with E-state index >= 15 is 0 Å². The highest BCUT2D eigenvalue weighted by Gasteiger charge is 2.08. The van der Waals surface area contributed by atoms with Gasteiger partial charge in [-0.15, -0.1) is 0 Å². The standard InChI is InChI=1S/C21H22O4/c1-14(2)25-18-9-6-16(7-10-18)19(22)11-8-17-12-15(3)20(23-4)13-21(17)24-5/h6-13H,1H2,2-5H3/b11-8+. The van der Waals surface area contributed by atoms with Crippen LogP contribution in [-0.2, 0) is 0 Å². The first-order chi connectivity index (χ1) is 11.9. The molecule has 2 aromatic rings. The number of allylic oxidation sites excluding steroid dienone is 2. The minimum Gasteiger partial charge on any atom is -0.496 e. The minimum atomic E-state index is -0.0996. The fraction of sp³-hybridized carbons (Fsp3) is 0.190. The Bertz CT molecular complexity index is 801. The van der Waals surface area contributed by atoms with Crippen LogP contribution in [0.1, 0.15) is 28.4 Å². The predicted molar refractivity (Wildman–Crippen MR) is 99.5 cm³/mol. The van der Waals surface area contributed by atoms with E-state index in [9.17, 15) is 4.79 Å². The third-order valence-electron chi connectivity index (χ3n) is 3.59. The van der Waals surface area contributed by atoms with Crippen molar-refractivity contribution in [3.05, 3.63) is 71.5 Å². The summed E-state index contributed by atoms with van der Waals surface area (Å²) in [4.78, 5) is 12.3. The molecule has 0 fully saturated rings. The Morgan fingerprint density at radius 3 is 2.24 bits per heavy atom. The van der Waals surface area contributed by atoms with Gasteiger partial charge in [-0.2, -0.15) is 0 Å². The minimum absolute atomic E-state index is 0.0996. The van der Waals surface area contributed by atoms with E-state index in [-0.39, 0.29) is 5.78 Å². The van der Waals surface area contributed by atoms with Gasteiger partial charge in [0.05, 0.1) is 20.0 Å². The van der Waals surface area contributed by atoms with Gasteiger partial charge in [0.15, 0.2) is 5.78 Å². The third-order valence-corrected chi connectivity index (χ3v) is 3.59. The molecular formula is C21H22O4. The molecule has 2 aromatic carbocycles. The first-order valence-electron chi connectivity index (χ1n) is 7.83. The van der Waals surface area contributed by atoms with Crippen molar-refractivity contribution in [2.75, 3.05) is 14.2 Å². The molecule has 0 heterocycles. The SMILES string of the molecule is C=C(C)Oc1ccc(C(=O)/C=C/c2cc(C)c(OC)cc2OC)cc1. The highest BCUT2D eigenvalue weighted by atomic mass is 16.5. The molecule has 0 bridgehead atoms. The van der Waals surface area contributed by atoms with Crippen LogP contribution in [0.3, 0.4) is 0 Å². The molecule has 0 amide bonds. The van der Waals surface area contributed by atoms with Crippen LogP contribution in [0, 0.1) is 6.92 Å². The predicted octanol–water partition coefficient (Wildman–Crippen LogP) is 4.82. The van der Waals surface area contributed by atoms with Gasteiger partial charge in [-0.3, -0.25) is 4.79 Å². The van der Waals surface area contributed by atoms with Crippen molar-refractivity contribution in [3.8, 4) is 17.2 Å². The van der Waals surface area contributed by atoms with Gasteiger partial charge < -0.3 is 14.2 Å². The van der Waals surface area contributed by atoms with Crippen LogP contribution in [0.4, 0.5) is 0 Å². The molecule has 0 radical (unpaired) electrons. The molecule has 4 nitrogen and oxygen atoms in total. The first-order valence-corrected chi connectivity index (χ1v) is 7.83. The second kappa shape index (κ2) is 8.20. The summed E-state index contributed by atoms with van der Waals surface area (Å²) in [7, 11) is 3.20. The molecule has 0 spiro atoms. The smallest absolute Gasteiger partial charge is 0.185 e. The molecule has 25 heavy (non-hydrogen) atoms. The Balaban J connectivity index is 2.19. The molecule has 0 saturated carbocycles. The Hall–Kier alpha value is -3.01. The zero-order chi connectivity index (χ0) is 18.4. The van der Waals surface area contributed by atoms with Crippen molar-refractivity contribution in [1.29, 1.82) is 0 Å². The molecule has 0 N–H and O–H groups in total. The van der Waals surface area contributed by atoms with Gasteiger partial charge in [0.25, 0.3) is 0 Å². The van der Waals surface area contributed by atoms with Gasteiger partial charge in [-0.1, -0.05) is 6.58 Å². The molecule has 0 aromatic heterocycles. The fourth-order valence-corrected chi connectivity index (χ4v) is 2.37. The number of methoxy groups -OCH3 is 2. The Kier molecular flexibility index (Phi) is 6.01. The van der Waals surface area contributed by atoms with Crippen LogP contribution >= 0.6 is 0 Å². The van der Waals surface area contributed by atoms with Crippen LogP contribution in [0.15, 0.2) is 54.8 Å². The van der Waals surface area contributed by atoms with Crippen LogP contribution in [0.25, 0.3) is 6.08 Å². The van der Waals surface area contributed by atoms with Crippen LogP contribution in [-0.4, -0.2) is 20.0 Å². The van der Waals surface area contributed by atoms with E-state index in [2.05, 4.69) is 6.58 Å². The number of rotatable bonds is 7. The average molecular weight is 338 g/mol. The largest absolute Gasteiger partial charge is 0.496 e. The van der Waals surface area contributed by atoms with Crippen molar-refractivity contribution < 1.29 is 19.0 Å². The lowest BCUT2D eigenvalue weighted by Crippen LogP contribution is -1.96. The van der Waals surface area contributed by atoms with Gasteiger partial charge in [0.2, 0.25) is 0 Å². The molecule has 0 aliphatic rings. The second-order valence-corrected chi connectivity index (χ2v) is 5.59. The molecule has 4 heteroatoms. The van der Waals surface area contributed by atoms with E-state index in [4.69, 9.17) is 14.2 Å². The summed E-state index contributed by atoms with van der Waals surface area (Å²) in [6.45, 7) is 7.40. The second-order valence-electron chi connectivity index (χ2n) is 5.59. The number of carbonyl (C=O) groups is 1. The van der Waals surface area contributed by atoms with Gasteiger partial charge in [-0.25, -0.2) is 0 Å². The molecule has 0 aliphatic carbocycles. The lowest BCUT2D eigenvalue weighted by molar-refractivity contribution is 0.104. The number of hydrogen-bond acceptors (Lipinski definition) is 4. The summed E-state index contributed by atoms with van der Waals surface area (Å²) < 4.78 is 16.0. The number of carbonyl (C=O) groups excluding carboxylic acids is 1. The lowest BCUT2D eigenvalue weighted by atomic mass is 10.1. The lowest BCUT2D eigenvalue weighted by Gasteiger charge is -2.10. The fourth-order valence-electron chi connectivity index (χ4n) is 2.37. The monoisotopic (exact) mass is 338 g/mol. The van der Waals surface area contributed by atoms with Crippen molar-refractivity contribution in [3.63, 3.8) is 0 Å². The van der Waals surface area contributed by atoms with E-state index in [0.717, 1.165) is 16.9 Å². The number of ether oxygens (including phenoxy) is 3. The van der Waals surface area contributed by atoms with Crippen molar-refractivity contribution >= 4 is 11.9 Å². The van der Waals surface area contributed by atoms with E-state index in [0.29, 0.717) is 22.8 Å². The summed E-state index contributed by atoms with van der Waals surface area (Å²) in [5, 5.41) is 0. The highest BCUT2D eigenvalue weighted by Crippen LogP contribution is 2.29. The summed E-state index contributed by atoms with van der Waals surface area (Å²) in [5.74, 6) is 2.55. The number of aryl methyl sites for hydroxylation is 1. The highest BCUT2D eigenvalue weighted by molar-refractivity contribution is 6.07. The molecular weight excluding hydrogens is 316 g/mol. The Labute approximate surface area is 148 Å². The van der Waals surface area contributed by atoms with E-state index in [1.807, 2.05) is 19.1 Å². The van der Waals surface area contributed by atoms with Crippen LogP contribution in [0.2, 0.25) is 0 Å². The van der Waals surface area contributed by atoms with Crippen molar-refractivity contribution in [2.45, 2.75) is 13.8 Å². The van der Waals surface area contributed by atoms with E-state index in [1.54, 1.807) is 51.5 Å². The third kappa shape index (κ3) is 4.73. The maximum Gasteiger partial charge on any atom is 0.185 e. The molecule has 130 valence electrons. The molecule has 2 rings (SSSR count). The molecule has 0 unspecified atom stereocenters. The van der Waals surface area contributed by atoms with E-state index < -0.39 is 0 Å². The number of benzene rings is 2. The van der Waals surface area contributed by atoms with E-state index in [1.165, 1.54) is 6.08 Å². The van der Waals surface area contributed by atoms with Gasteiger partial charge in [0, 0.05) is 17.2 Å². The summed E-state index contributed by atoms with van der Waals surface area (Å²) in [6, 6.07) is 10.7. The maximum absolute atomic E-state index is 12.3. The zero-order valence-electron chi connectivity index (χ0n) is 15.0. The van der Waals surface area contributed by atoms with Crippen LogP contribution in [0.5, 0.6) is 17.2 Å². The van der Waals surface area contributed by atoms with Crippen LogP contribution < -0.4 is 14.2 Å². The summed E-state index contributed by atoms with van der Waals surface area (Å²) in [5.41, 5.74) is 2.36. The van der Waals surface area contributed by atoms with Gasteiger partial charge in [-0.05, 0) is 61.9 Å². The Morgan fingerprint density at radius 2 is 1.68 bits per heavy atom. The number of ketones is 1. The zero-order valence-corrected chi connectivity index (χ0v) is 15.0. The molecule has 0 saturated heterocycles. The Morgan fingerprint density at radius 1 is 1.04 bits per heavy atom. The summed E-state index contributed by atoms with van der Waals surface area (Å²) >= 11 is 0. The van der Waals surface area contributed by atoms with Crippen molar-refractivity contribution in [1.82, 2.24) is 0 Å².